The second kappa shape index (κ2) is 5.97. The maximum absolute atomic E-state index is 10.9. The first-order valence-corrected chi connectivity index (χ1v) is 7.22. The van der Waals surface area contributed by atoms with E-state index in [1.165, 1.54) is 0 Å². The molecule has 5 heteroatoms. The molecule has 0 aromatic heterocycles. The molecule has 0 saturated carbocycles. The van der Waals surface area contributed by atoms with E-state index in [0.717, 1.165) is 11.3 Å². The summed E-state index contributed by atoms with van der Waals surface area (Å²) in [6.45, 7) is 0.988. The van der Waals surface area contributed by atoms with Crippen LogP contribution in [-0.2, 0) is 4.79 Å². The molecule has 2 aromatic rings. The van der Waals surface area contributed by atoms with Crippen LogP contribution in [0.2, 0.25) is 0 Å². The quantitative estimate of drug-likeness (QED) is 0.849. The number of nitrogen functional groups attached to an aromatic ring is 1. The van der Waals surface area contributed by atoms with E-state index in [4.69, 9.17) is 15.6 Å². The second-order valence-electron chi connectivity index (χ2n) is 5.30. The highest BCUT2D eigenvalue weighted by Gasteiger charge is 2.28. The molecule has 3 rings (SSSR count). The van der Waals surface area contributed by atoms with Gasteiger partial charge >= 0.3 is 5.97 Å². The summed E-state index contributed by atoms with van der Waals surface area (Å²) < 4.78 is 6.07. The molecular formula is C17H18N2O3. The topological polar surface area (TPSA) is 75.8 Å². The first kappa shape index (κ1) is 14.3. The molecule has 0 radical (unpaired) electrons. The van der Waals surface area contributed by atoms with Gasteiger partial charge in [0.05, 0.1) is 18.7 Å². The predicted octanol–water partition coefficient (Wildman–Crippen LogP) is 2.68. The first-order valence-electron chi connectivity index (χ1n) is 7.22. The van der Waals surface area contributed by atoms with Gasteiger partial charge < -0.3 is 20.5 Å². The van der Waals surface area contributed by atoms with E-state index < -0.39 is 5.97 Å². The molecule has 1 heterocycles. The van der Waals surface area contributed by atoms with Crippen molar-refractivity contribution in [1.29, 1.82) is 0 Å². The molecule has 1 unspecified atom stereocenters. The highest BCUT2D eigenvalue weighted by Crippen LogP contribution is 2.41. The van der Waals surface area contributed by atoms with Crippen LogP contribution in [0.25, 0.3) is 0 Å². The summed E-state index contributed by atoms with van der Waals surface area (Å²) in [5, 5.41) is 8.96. The van der Waals surface area contributed by atoms with Crippen molar-refractivity contribution >= 4 is 17.3 Å². The van der Waals surface area contributed by atoms with Gasteiger partial charge in [0.2, 0.25) is 0 Å². The lowest BCUT2D eigenvalue weighted by Gasteiger charge is -2.37. The second-order valence-corrected chi connectivity index (χ2v) is 5.30. The average Bonchev–Trinajstić information content (AvgIpc) is 2.53. The van der Waals surface area contributed by atoms with Gasteiger partial charge in [0.15, 0.2) is 0 Å². The number of rotatable bonds is 4. The number of ether oxygens (including phenoxy) is 1. The molecule has 1 aliphatic rings. The van der Waals surface area contributed by atoms with Crippen LogP contribution < -0.4 is 15.4 Å². The molecular weight excluding hydrogens is 280 g/mol. The summed E-state index contributed by atoms with van der Waals surface area (Å²) in [6.07, 6.45) is -0.0701. The third-order valence-electron chi connectivity index (χ3n) is 3.77. The molecule has 2 aromatic carbocycles. The van der Waals surface area contributed by atoms with E-state index in [1.807, 2.05) is 47.4 Å². The van der Waals surface area contributed by atoms with Gasteiger partial charge in [0, 0.05) is 6.54 Å². The van der Waals surface area contributed by atoms with Crippen molar-refractivity contribution in [2.45, 2.75) is 12.5 Å². The summed E-state index contributed by atoms with van der Waals surface area (Å²) in [5.41, 5.74) is 8.51. The number of hydrogen-bond donors (Lipinski definition) is 2. The van der Waals surface area contributed by atoms with E-state index in [-0.39, 0.29) is 12.5 Å². The van der Waals surface area contributed by atoms with Crippen molar-refractivity contribution in [2.24, 2.45) is 0 Å². The van der Waals surface area contributed by atoms with Crippen molar-refractivity contribution in [1.82, 2.24) is 0 Å². The van der Waals surface area contributed by atoms with Crippen molar-refractivity contribution in [3.63, 3.8) is 0 Å². The summed E-state index contributed by atoms with van der Waals surface area (Å²) in [4.78, 5) is 12.9. The lowest BCUT2D eigenvalue weighted by molar-refractivity contribution is -0.136. The van der Waals surface area contributed by atoms with Crippen LogP contribution in [-0.4, -0.2) is 24.2 Å². The third-order valence-corrected chi connectivity index (χ3v) is 3.77. The minimum Gasteiger partial charge on any atom is -0.482 e. The summed E-state index contributed by atoms with van der Waals surface area (Å²) in [5.74, 6) is -0.121. The highest BCUT2D eigenvalue weighted by molar-refractivity contribution is 5.77. The van der Waals surface area contributed by atoms with E-state index in [0.29, 0.717) is 24.5 Å². The number of aliphatic carboxylic acids is 1. The summed E-state index contributed by atoms with van der Waals surface area (Å²) >= 11 is 0. The maximum Gasteiger partial charge on any atom is 0.305 e. The number of hydrogen-bond acceptors (Lipinski definition) is 4. The number of carbonyl (C=O) groups is 1. The van der Waals surface area contributed by atoms with Gasteiger partial charge in [-0.1, -0.05) is 36.4 Å². The molecule has 0 amide bonds. The number of anilines is 2. The van der Waals surface area contributed by atoms with Crippen molar-refractivity contribution < 1.29 is 14.6 Å². The Bertz CT molecular complexity index is 673. The van der Waals surface area contributed by atoms with Crippen LogP contribution in [0.5, 0.6) is 5.75 Å². The third kappa shape index (κ3) is 2.83. The minimum atomic E-state index is -0.821. The summed E-state index contributed by atoms with van der Waals surface area (Å²) in [7, 11) is 0. The van der Waals surface area contributed by atoms with Gasteiger partial charge in [0.1, 0.15) is 17.5 Å². The molecule has 0 fully saturated rings. The van der Waals surface area contributed by atoms with Crippen LogP contribution in [0.4, 0.5) is 11.4 Å². The van der Waals surface area contributed by atoms with Crippen molar-refractivity contribution in [3.05, 3.63) is 54.1 Å². The van der Waals surface area contributed by atoms with Crippen LogP contribution >= 0.6 is 0 Å². The van der Waals surface area contributed by atoms with Gasteiger partial charge in [-0.15, -0.1) is 0 Å². The molecule has 114 valence electrons. The van der Waals surface area contributed by atoms with Gasteiger partial charge in [0.25, 0.3) is 0 Å². The largest absolute Gasteiger partial charge is 0.482 e. The minimum absolute atomic E-state index is 0.0648. The molecule has 22 heavy (non-hydrogen) atoms. The van der Waals surface area contributed by atoms with E-state index in [9.17, 15) is 4.79 Å². The number of para-hydroxylation sites is 1. The maximum atomic E-state index is 10.9. The van der Waals surface area contributed by atoms with E-state index >= 15 is 0 Å². The van der Waals surface area contributed by atoms with Gasteiger partial charge in [-0.2, -0.15) is 0 Å². The summed E-state index contributed by atoms with van der Waals surface area (Å²) in [6, 6.07) is 15.4. The number of benzene rings is 2. The van der Waals surface area contributed by atoms with Crippen LogP contribution in [0.3, 0.4) is 0 Å². The van der Waals surface area contributed by atoms with Crippen LogP contribution in [0.1, 0.15) is 18.1 Å². The Labute approximate surface area is 128 Å². The Hall–Kier alpha value is -2.69. The zero-order valence-electron chi connectivity index (χ0n) is 12.1. The molecule has 0 spiro atoms. The molecule has 5 nitrogen and oxygen atoms in total. The Kier molecular flexibility index (Phi) is 3.87. The molecule has 0 saturated heterocycles. The lowest BCUT2D eigenvalue weighted by atomic mass is 10.1. The lowest BCUT2D eigenvalue weighted by Crippen LogP contribution is -2.37. The molecule has 1 aliphatic heterocycles. The normalized spacial score (nSPS) is 16.7. The fraction of sp³-hybridized carbons (Fsp3) is 0.235. The fourth-order valence-corrected chi connectivity index (χ4v) is 2.73. The fourth-order valence-electron chi connectivity index (χ4n) is 2.73. The number of carboxylic acid groups (broad SMARTS) is 1. The zero-order valence-corrected chi connectivity index (χ0v) is 12.1. The van der Waals surface area contributed by atoms with E-state index in [2.05, 4.69) is 0 Å². The zero-order chi connectivity index (χ0) is 15.5. The van der Waals surface area contributed by atoms with Crippen molar-refractivity contribution in [3.8, 4) is 5.75 Å². The van der Waals surface area contributed by atoms with E-state index in [1.54, 1.807) is 6.07 Å². The Morgan fingerprint density at radius 1 is 1.23 bits per heavy atom. The number of nitrogens with two attached hydrogens (primary N) is 1. The Morgan fingerprint density at radius 3 is 2.73 bits per heavy atom. The number of carboxylic acids is 1. The molecule has 0 bridgehead atoms. The number of fused-ring (bicyclic) bond motifs is 1. The highest BCUT2D eigenvalue weighted by atomic mass is 16.5. The molecule has 1 atom stereocenters. The number of nitrogens with zero attached hydrogens (tertiary/aromatic N) is 1. The predicted molar refractivity (Wildman–Crippen MR) is 85.1 cm³/mol. The monoisotopic (exact) mass is 298 g/mol. The first-order chi connectivity index (χ1) is 10.6. The van der Waals surface area contributed by atoms with Gasteiger partial charge in [-0.05, 0) is 17.7 Å². The van der Waals surface area contributed by atoms with Gasteiger partial charge in [-0.3, -0.25) is 4.79 Å². The van der Waals surface area contributed by atoms with Crippen molar-refractivity contribution in [2.75, 3.05) is 23.7 Å². The average molecular weight is 298 g/mol. The molecule has 0 aliphatic carbocycles. The van der Waals surface area contributed by atoms with Gasteiger partial charge in [-0.25, -0.2) is 0 Å². The van der Waals surface area contributed by atoms with Crippen LogP contribution in [0, 0.1) is 0 Å². The Morgan fingerprint density at radius 2 is 2.00 bits per heavy atom. The SMILES string of the molecule is Nc1cccc2c1N(CCC(=O)O)CC(c1ccccc1)O2. The standard InChI is InChI=1S/C17H18N2O3/c18-13-7-4-8-14-17(13)19(10-9-16(20)21)11-15(22-14)12-5-2-1-3-6-12/h1-8,15H,9-11,18H2,(H,20,21). The smallest absolute Gasteiger partial charge is 0.305 e. The van der Waals surface area contributed by atoms with Crippen LogP contribution in [0.15, 0.2) is 48.5 Å². The molecule has 3 N–H and O–H groups in total. The Balaban J connectivity index is 1.93.